The van der Waals surface area contributed by atoms with Gasteiger partial charge in [-0.15, -0.1) is 0 Å². The molecule has 5 heteroatoms. The van der Waals surface area contributed by atoms with Gasteiger partial charge >= 0.3 is 6.03 Å². The Labute approximate surface area is 90.0 Å². The van der Waals surface area contributed by atoms with Crippen LogP contribution in [0.5, 0.6) is 0 Å². The van der Waals surface area contributed by atoms with Crippen LogP contribution in [-0.4, -0.2) is 43.8 Å². The Morgan fingerprint density at radius 1 is 1.47 bits per heavy atom. The molecule has 0 aromatic carbocycles. The van der Waals surface area contributed by atoms with Crippen LogP contribution in [0.1, 0.15) is 19.3 Å². The van der Waals surface area contributed by atoms with Gasteiger partial charge in [-0.2, -0.15) is 0 Å². The maximum atomic E-state index is 12.1. The van der Waals surface area contributed by atoms with Gasteiger partial charge in [0, 0.05) is 13.1 Å². The van der Waals surface area contributed by atoms with E-state index in [1.165, 1.54) is 0 Å². The second-order valence-electron chi connectivity index (χ2n) is 4.05. The molecule has 4 nitrogen and oxygen atoms in total. The molecule has 0 atom stereocenters. The first-order chi connectivity index (χ1) is 7.22. The van der Waals surface area contributed by atoms with Crippen molar-refractivity contribution in [1.29, 1.82) is 0 Å². The lowest BCUT2D eigenvalue weighted by atomic mass is 9.93. The normalized spacial score (nSPS) is 19.0. The summed E-state index contributed by atoms with van der Waals surface area (Å²) >= 11 is 0. The molecule has 1 heterocycles. The Morgan fingerprint density at radius 3 is 2.67 bits per heavy atom. The number of urea groups is 1. The average molecular weight is 217 g/mol. The molecule has 0 aliphatic carbocycles. The van der Waals surface area contributed by atoms with Gasteiger partial charge in [0.05, 0.1) is 0 Å². The van der Waals surface area contributed by atoms with E-state index in [0.29, 0.717) is 19.0 Å². The summed E-state index contributed by atoms with van der Waals surface area (Å²) in [6, 6.07) is -0.454. The first kappa shape index (κ1) is 12.2. The molecule has 2 amide bonds. The van der Waals surface area contributed by atoms with Gasteiger partial charge in [-0.05, 0) is 38.3 Å². The number of carbonyl (C=O) groups excluding carboxylic acids is 1. The molecule has 0 unspecified atom stereocenters. The fourth-order valence-electron chi connectivity index (χ4n) is 2.02. The minimum absolute atomic E-state index is 0.256. The van der Waals surface area contributed by atoms with Crippen LogP contribution < -0.4 is 11.1 Å². The molecule has 0 aromatic rings. The van der Waals surface area contributed by atoms with Crippen LogP contribution >= 0.6 is 0 Å². The Morgan fingerprint density at radius 2 is 2.13 bits per heavy atom. The Hall–Kier alpha value is -0.840. The summed E-state index contributed by atoms with van der Waals surface area (Å²) in [5.74, 6) is 0.646. The molecule has 1 aliphatic heterocycles. The summed E-state index contributed by atoms with van der Waals surface area (Å²) in [5.41, 5.74) is 4.97. The number of rotatable bonds is 5. The van der Waals surface area contributed by atoms with Crippen LogP contribution in [0.15, 0.2) is 0 Å². The SMILES string of the molecule is NC(=O)NCCC1CCN(CCF)CC1. The molecule has 3 N–H and O–H groups in total. The third kappa shape index (κ3) is 4.97. The molecule has 0 aromatic heterocycles. The lowest BCUT2D eigenvalue weighted by molar-refractivity contribution is 0.168. The fraction of sp³-hybridized carbons (Fsp3) is 0.900. The molecule has 0 radical (unpaired) electrons. The van der Waals surface area contributed by atoms with E-state index in [-0.39, 0.29) is 6.67 Å². The van der Waals surface area contributed by atoms with Crippen molar-refractivity contribution >= 4 is 6.03 Å². The molecule has 1 rings (SSSR count). The quantitative estimate of drug-likeness (QED) is 0.713. The molecular formula is C10H20FN3O. The minimum atomic E-state index is -0.454. The number of amides is 2. The van der Waals surface area contributed by atoms with Crippen LogP contribution in [0.3, 0.4) is 0 Å². The highest BCUT2D eigenvalue weighted by atomic mass is 19.1. The van der Waals surface area contributed by atoms with Gasteiger partial charge in [0.15, 0.2) is 0 Å². The molecule has 0 spiro atoms. The van der Waals surface area contributed by atoms with E-state index in [2.05, 4.69) is 10.2 Å². The maximum Gasteiger partial charge on any atom is 0.312 e. The molecule has 1 aliphatic rings. The summed E-state index contributed by atoms with van der Waals surface area (Å²) in [7, 11) is 0. The summed E-state index contributed by atoms with van der Waals surface area (Å²) in [5, 5.41) is 2.59. The van der Waals surface area contributed by atoms with Gasteiger partial charge in [0.25, 0.3) is 0 Å². The molecule has 88 valence electrons. The minimum Gasteiger partial charge on any atom is -0.352 e. The summed E-state index contributed by atoms with van der Waals surface area (Å²) in [6.45, 7) is 2.92. The van der Waals surface area contributed by atoms with Crippen LogP contribution in [0.25, 0.3) is 0 Å². The first-order valence-corrected chi connectivity index (χ1v) is 5.54. The van der Waals surface area contributed by atoms with E-state index in [4.69, 9.17) is 5.73 Å². The van der Waals surface area contributed by atoms with Crippen LogP contribution in [0.4, 0.5) is 9.18 Å². The molecular weight excluding hydrogens is 197 g/mol. The Balaban J connectivity index is 2.06. The molecule has 15 heavy (non-hydrogen) atoms. The summed E-state index contributed by atoms with van der Waals surface area (Å²) < 4.78 is 12.1. The van der Waals surface area contributed by atoms with E-state index in [9.17, 15) is 9.18 Å². The molecule has 1 fully saturated rings. The average Bonchev–Trinajstić information content (AvgIpc) is 2.20. The number of nitrogens with one attached hydrogen (secondary N) is 1. The van der Waals surface area contributed by atoms with Gasteiger partial charge in [0.2, 0.25) is 0 Å². The maximum absolute atomic E-state index is 12.1. The van der Waals surface area contributed by atoms with E-state index in [0.717, 1.165) is 32.4 Å². The van der Waals surface area contributed by atoms with E-state index in [1.54, 1.807) is 0 Å². The van der Waals surface area contributed by atoms with Crippen molar-refractivity contribution < 1.29 is 9.18 Å². The highest BCUT2D eigenvalue weighted by Crippen LogP contribution is 2.19. The van der Waals surface area contributed by atoms with Gasteiger partial charge < -0.3 is 16.0 Å². The lowest BCUT2D eigenvalue weighted by Crippen LogP contribution is -2.37. The third-order valence-corrected chi connectivity index (χ3v) is 2.96. The van der Waals surface area contributed by atoms with Crippen molar-refractivity contribution in [1.82, 2.24) is 10.2 Å². The van der Waals surface area contributed by atoms with Crippen molar-refractivity contribution in [3.63, 3.8) is 0 Å². The Bertz CT molecular complexity index is 193. The number of nitrogens with zero attached hydrogens (tertiary/aromatic N) is 1. The predicted molar refractivity (Wildman–Crippen MR) is 57.3 cm³/mol. The number of carbonyl (C=O) groups is 1. The van der Waals surface area contributed by atoms with Crippen molar-refractivity contribution in [2.75, 3.05) is 32.9 Å². The fourth-order valence-corrected chi connectivity index (χ4v) is 2.02. The third-order valence-electron chi connectivity index (χ3n) is 2.96. The van der Waals surface area contributed by atoms with Crippen molar-refractivity contribution in [3.8, 4) is 0 Å². The van der Waals surface area contributed by atoms with Gasteiger partial charge in [-0.1, -0.05) is 0 Å². The second-order valence-corrected chi connectivity index (χ2v) is 4.05. The zero-order valence-electron chi connectivity index (χ0n) is 9.04. The number of nitrogens with two attached hydrogens (primary N) is 1. The lowest BCUT2D eigenvalue weighted by Gasteiger charge is -2.31. The van der Waals surface area contributed by atoms with Crippen molar-refractivity contribution in [2.45, 2.75) is 19.3 Å². The summed E-state index contributed by atoms with van der Waals surface area (Å²) in [4.78, 5) is 12.6. The topological polar surface area (TPSA) is 58.4 Å². The van der Waals surface area contributed by atoms with E-state index >= 15 is 0 Å². The van der Waals surface area contributed by atoms with Crippen LogP contribution in [0.2, 0.25) is 0 Å². The van der Waals surface area contributed by atoms with Gasteiger partial charge in [-0.3, -0.25) is 0 Å². The summed E-state index contributed by atoms with van der Waals surface area (Å²) in [6.07, 6.45) is 3.17. The number of likely N-dealkylation sites (tertiary alicyclic amines) is 1. The molecule has 1 saturated heterocycles. The molecule has 0 bridgehead atoms. The Kier molecular flexibility index (Phi) is 5.39. The smallest absolute Gasteiger partial charge is 0.312 e. The highest BCUT2D eigenvalue weighted by Gasteiger charge is 2.18. The first-order valence-electron chi connectivity index (χ1n) is 5.54. The largest absolute Gasteiger partial charge is 0.352 e. The number of piperidine rings is 1. The molecule has 0 saturated carbocycles. The number of hydrogen-bond donors (Lipinski definition) is 2. The van der Waals surface area contributed by atoms with Crippen LogP contribution in [0, 0.1) is 5.92 Å². The zero-order valence-corrected chi connectivity index (χ0v) is 9.04. The van der Waals surface area contributed by atoms with E-state index < -0.39 is 6.03 Å². The van der Waals surface area contributed by atoms with Gasteiger partial charge in [-0.25, -0.2) is 9.18 Å². The van der Waals surface area contributed by atoms with Crippen LogP contribution in [-0.2, 0) is 0 Å². The standard InChI is InChI=1S/C10H20FN3O/c11-4-8-14-6-2-9(3-7-14)1-5-13-10(12)15/h9H,1-8H2,(H3,12,13,15). The predicted octanol–water partition coefficient (Wildman–Crippen LogP) is 0.726. The number of alkyl halides is 1. The number of primary amides is 1. The monoisotopic (exact) mass is 217 g/mol. The highest BCUT2D eigenvalue weighted by molar-refractivity contribution is 5.71. The number of halogens is 1. The van der Waals surface area contributed by atoms with E-state index in [1.807, 2.05) is 0 Å². The zero-order chi connectivity index (χ0) is 11.1. The second kappa shape index (κ2) is 6.61. The van der Waals surface area contributed by atoms with Crippen molar-refractivity contribution in [3.05, 3.63) is 0 Å². The van der Waals surface area contributed by atoms with Gasteiger partial charge in [0.1, 0.15) is 6.67 Å². The van der Waals surface area contributed by atoms with Crippen molar-refractivity contribution in [2.24, 2.45) is 11.7 Å². The number of hydrogen-bond acceptors (Lipinski definition) is 2.